The number of carbonyl (C=O) groups excluding carboxylic acids is 1. The molecule has 1 atom stereocenters. The Balaban J connectivity index is 1.93. The number of aromatic nitrogens is 1. The third-order valence-electron chi connectivity index (χ3n) is 2.42. The zero-order chi connectivity index (χ0) is 13.5. The standard InChI is InChI=1S/C14H13N3O2/c18-13(11-6-2-1-3-7-11)14(19)17-16-10-12-8-4-5-9-15-12/h1-10,13,18H,(H,17,19)/b16-10-. The van der Waals surface area contributed by atoms with Gasteiger partial charge in [0, 0.05) is 6.20 Å². The van der Waals surface area contributed by atoms with Crippen molar-refractivity contribution in [3.05, 3.63) is 66.0 Å². The fraction of sp³-hybridized carbons (Fsp3) is 0.0714. The molecule has 2 rings (SSSR count). The number of hydrogen-bond acceptors (Lipinski definition) is 4. The Hall–Kier alpha value is -2.53. The van der Waals surface area contributed by atoms with Gasteiger partial charge in [-0.15, -0.1) is 0 Å². The molecule has 1 aromatic heterocycles. The second-order valence-corrected chi connectivity index (χ2v) is 3.80. The van der Waals surface area contributed by atoms with Crippen LogP contribution in [-0.2, 0) is 4.79 Å². The number of carbonyl (C=O) groups is 1. The molecule has 0 aliphatic heterocycles. The third kappa shape index (κ3) is 3.72. The maximum atomic E-state index is 11.6. The maximum absolute atomic E-state index is 11.6. The van der Waals surface area contributed by atoms with E-state index in [1.807, 2.05) is 12.1 Å². The van der Waals surface area contributed by atoms with Crippen LogP contribution in [-0.4, -0.2) is 22.2 Å². The average Bonchev–Trinajstić information content (AvgIpc) is 2.48. The van der Waals surface area contributed by atoms with Crippen LogP contribution in [0.25, 0.3) is 0 Å². The van der Waals surface area contributed by atoms with Crippen molar-refractivity contribution < 1.29 is 9.90 Å². The van der Waals surface area contributed by atoms with Gasteiger partial charge >= 0.3 is 0 Å². The van der Waals surface area contributed by atoms with Crippen LogP contribution in [0.5, 0.6) is 0 Å². The van der Waals surface area contributed by atoms with Gasteiger partial charge in [-0.3, -0.25) is 9.78 Å². The molecule has 0 bridgehead atoms. The first-order valence-electron chi connectivity index (χ1n) is 5.74. The van der Waals surface area contributed by atoms with Gasteiger partial charge in [0.2, 0.25) is 0 Å². The zero-order valence-electron chi connectivity index (χ0n) is 10.1. The second-order valence-electron chi connectivity index (χ2n) is 3.80. The molecule has 2 N–H and O–H groups in total. The smallest absolute Gasteiger partial charge is 0.273 e. The molecule has 1 aromatic carbocycles. The van der Waals surface area contributed by atoms with Gasteiger partial charge in [0.25, 0.3) is 5.91 Å². The molecule has 5 nitrogen and oxygen atoms in total. The molecule has 0 radical (unpaired) electrons. The number of benzene rings is 1. The molecule has 0 saturated carbocycles. The summed E-state index contributed by atoms with van der Waals surface area (Å²) < 4.78 is 0. The molecule has 5 heteroatoms. The van der Waals surface area contributed by atoms with Gasteiger partial charge in [-0.2, -0.15) is 5.10 Å². The highest BCUT2D eigenvalue weighted by molar-refractivity contribution is 5.84. The summed E-state index contributed by atoms with van der Waals surface area (Å²) in [6.07, 6.45) is 1.81. The molecule has 0 saturated heterocycles. The lowest BCUT2D eigenvalue weighted by Gasteiger charge is -2.08. The number of pyridine rings is 1. The molecule has 0 spiro atoms. The topological polar surface area (TPSA) is 74.6 Å². The Labute approximate surface area is 110 Å². The van der Waals surface area contributed by atoms with Gasteiger partial charge in [-0.1, -0.05) is 36.4 Å². The normalized spacial score (nSPS) is 12.3. The Kier molecular flexibility index (Phi) is 4.36. The summed E-state index contributed by atoms with van der Waals surface area (Å²) in [4.78, 5) is 15.7. The first-order chi connectivity index (χ1) is 9.27. The predicted molar refractivity (Wildman–Crippen MR) is 71.4 cm³/mol. The van der Waals surface area contributed by atoms with Crippen molar-refractivity contribution in [3.8, 4) is 0 Å². The van der Waals surface area contributed by atoms with Crippen LogP contribution in [0.2, 0.25) is 0 Å². The summed E-state index contributed by atoms with van der Waals surface area (Å²) in [7, 11) is 0. The number of rotatable bonds is 4. The minimum absolute atomic E-state index is 0.521. The maximum Gasteiger partial charge on any atom is 0.273 e. The van der Waals surface area contributed by atoms with Crippen LogP contribution in [0.3, 0.4) is 0 Å². The van der Waals surface area contributed by atoms with E-state index in [9.17, 15) is 9.90 Å². The number of nitrogens with zero attached hydrogens (tertiary/aromatic N) is 2. The fourth-order valence-electron chi connectivity index (χ4n) is 1.46. The van der Waals surface area contributed by atoms with Crippen molar-refractivity contribution in [2.45, 2.75) is 6.10 Å². The zero-order valence-corrected chi connectivity index (χ0v) is 10.1. The van der Waals surface area contributed by atoms with Gasteiger partial charge in [-0.05, 0) is 17.7 Å². The van der Waals surface area contributed by atoms with E-state index in [1.54, 1.807) is 42.6 Å². The van der Waals surface area contributed by atoms with Gasteiger partial charge in [0.1, 0.15) is 0 Å². The number of hydrazone groups is 1. The monoisotopic (exact) mass is 255 g/mol. The van der Waals surface area contributed by atoms with Crippen molar-refractivity contribution in [1.29, 1.82) is 0 Å². The molecule has 1 unspecified atom stereocenters. The molecule has 96 valence electrons. The molecule has 0 aliphatic rings. The largest absolute Gasteiger partial charge is 0.378 e. The highest BCUT2D eigenvalue weighted by Crippen LogP contribution is 2.11. The molecule has 0 aliphatic carbocycles. The second kappa shape index (κ2) is 6.42. The number of aliphatic hydroxyl groups is 1. The van der Waals surface area contributed by atoms with Crippen molar-refractivity contribution in [1.82, 2.24) is 10.4 Å². The van der Waals surface area contributed by atoms with Crippen molar-refractivity contribution in [2.75, 3.05) is 0 Å². The average molecular weight is 255 g/mol. The lowest BCUT2D eigenvalue weighted by atomic mass is 10.1. The quantitative estimate of drug-likeness (QED) is 0.638. The lowest BCUT2D eigenvalue weighted by Crippen LogP contribution is -2.25. The fourth-order valence-corrected chi connectivity index (χ4v) is 1.46. The van der Waals surface area contributed by atoms with E-state index < -0.39 is 12.0 Å². The first kappa shape index (κ1) is 12.9. The first-order valence-corrected chi connectivity index (χ1v) is 5.74. The molecular formula is C14H13N3O2. The molecule has 1 heterocycles. The van der Waals surface area contributed by atoms with E-state index >= 15 is 0 Å². The van der Waals surface area contributed by atoms with E-state index in [0.29, 0.717) is 11.3 Å². The third-order valence-corrected chi connectivity index (χ3v) is 2.42. The van der Waals surface area contributed by atoms with E-state index in [0.717, 1.165) is 0 Å². The van der Waals surface area contributed by atoms with Crippen molar-refractivity contribution >= 4 is 12.1 Å². The summed E-state index contributed by atoms with van der Waals surface area (Å²) in [5, 5.41) is 13.5. The Morgan fingerprint density at radius 3 is 2.63 bits per heavy atom. The summed E-state index contributed by atoms with van der Waals surface area (Å²) in [5.41, 5.74) is 3.41. The minimum atomic E-state index is -1.23. The van der Waals surface area contributed by atoms with Crippen LogP contribution in [0.1, 0.15) is 17.4 Å². The highest BCUT2D eigenvalue weighted by Gasteiger charge is 2.15. The lowest BCUT2D eigenvalue weighted by molar-refractivity contribution is -0.129. The van der Waals surface area contributed by atoms with E-state index in [1.165, 1.54) is 6.21 Å². The SMILES string of the molecule is O=C(N/N=C\c1ccccn1)C(O)c1ccccc1. The number of amides is 1. The molecule has 2 aromatic rings. The highest BCUT2D eigenvalue weighted by atomic mass is 16.3. The van der Waals surface area contributed by atoms with Crippen molar-refractivity contribution in [3.63, 3.8) is 0 Å². The van der Waals surface area contributed by atoms with Crippen LogP contribution >= 0.6 is 0 Å². The van der Waals surface area contributed by atoms with Gasteiger partial charge < -0.3 is 5.11 Å². The van der Waals surface area contributed by atoms with Crippen LogP contribution in [0, 0.1) is 0 Å². The summed E-state index contributed by atoms with van der Waals surface area (Å²) >= 11 is 0. The van der Waals surface area contributed by atoms with Gasteiger partial charge in [-0.25, -0.2) is 5.43 Å². The van der Waals surface area contributed by atoms with Crippen LogP contribution < -0.4 is 5.43 Å². The van der Waals surface area contributed by atoms with Crippen molar-refractivity contribution in [2.24, 2.45) is 5.10 Å². The number of nitrogens with one attached hydrogen (secondary N) is 1. The Bertz CT molecular complexity index is 555. The Morgan fingerprint density at radius 1 is 1.21 bits per heavy atom. The van der Waals surface area contributed by atoms with E-state index in [-0.39, 0.29) is 0 Å². The molecular weight excluding hydrogens is 242 g/mol. The molecule has 19 heavy (non-hydrogen) atoms. The van der Waals surface area contributed by atoms with Crippen LogP contribution in [0.4, 0.5) is 0 Å². The van der Waals surface area contributed by atoms with Crippen LogP contribution in [0.15, 0.2) is 59.8 Å². The van der Waals surface area contributed by atoms with E-state index in [2.05, 4.69) is 15.5 Å². The number of hydrogen-bond donors (Lipinski definition) is 2. The Morgan fingerprint density at radius 2 is 1.95 bits per heavy atom. The predicted octanol–water partition coefficient (Wildman–Crippen LogP) is 1.27. The molecule has 1 amide bonds. The summed E-state index contributed by atoms with van der Waals surface area (Å²) in [6.45, 7) is 0. The minimum Gasteiger partial charge on any atom is -0.378 e. The van der Waals surface area contributed by atoms with Gasteiger partial charge in [0.15, 0.2) is 6.10 Å². The number of aliphatic hydroxyl groups excluding tert-OH is 1. The molecule has 0 fully saturated rings. The summed E-state index contributed by atoms with van der Waals surface area (Å²) in [5.74, 6) is -0.585. The summed E-state index contributed by atoms with van der Waals surface area (Å²) in [6, 6.07) is 14.0. The van der Waals surface area contributed by atoms with Gasteiger partial charge in [0.05, 0.1) is 11.9 Å². The van der Waals surface area contributed by atoms with E-state index in [4.69, 9.17) is 0 Å².